The molecule has 0 aliphatic heterocycles. The maximum Gasteiger partial charge on any atom is 0.234 e. The van der Waals surface area contributed by atoms with Crippen LogP contribution in [0.2, 0.25) is 0 Å². The summed E-state index contributed by atoms with van der Waals surface area (Å²) in [5, 5.41) is 3.04. The number of nitrogens with one attached hydrogen (secondary N) is 1. The van der Waals surface area contributed by atoms with Gasteiger partial charge in [-0.05, 0) is 40.2 Å². The summed E-state index contributed by atoms with van der Waals surface area (Å²) in [6.07, 6.45) is 6.01. The maximum absolute atomic E-state index is 12.1. The Hall–Kier alpha value is -0.610. The molecular weight excluding hydrogens is 238 g/mol. The molecule has 1 saturated carbocycles. The summed E-state index contributed by atoms with van der Waals surface area (Å²) in [6.45, 7) is 10.2. The molecule has 0 saturated heterocycles. The summed E-state index contributed by atoms with van der Waals surface area (Å²) in [7, 11) is 0. The van der Waals surface area contributed by atoms with E-state index in [4.69, 9.17) is 5.73 Å². The Kier molecular flexibility index (Phi) is 5.81. The monoisotopic (exact) mass is 269 g/mol. The van der Waals surface area contributed by atoms with Crippen LogP contribution in [0.25, 0.3) is 0 Å². The molecule has 112 valence electrons. The van der Waals surface area contributed by atoms with Gasteiger partial charge >= 0.3 is 0 Å². The molecule has 0 bridgehead atoms. The van der Waals surface area contributed by atoms with Crippen molar-refractivity contribution in [2.75, 3.05) is 19.6 Å². The van der Waals surface area contributed by atoms with E-state index in [2.05, 4.69) is 17.1 Å². The van der Waals surface area contributed by atoms with E-state index in [1.165, 1.54) is 19.3 Å². The number of carbonyl (C=O) groups excluding carboxylic acids is 1. The van der Waals surface area contributed by atoms with Gasteiger partial charge in [-0.1, -0.05) is 26.2 Å². The highest BCUT2D eigenvalue weighted by molar-refractivity contribution is 5.78. The zero-order valence-corrected chi connectivity index (χ0v) is 13.1. The minimum atomic E-state index is -0.168. The lowest BCUT2D eigenvalue weighted by atomic mass is 9.80. The largest absolute Gasteiger partial charge is 0.350 e. The van der Waals surface area contributed by atoms with Gasteiger partial charge in [-0.15, -0.1) is 0 Å². The first-order valence-electron chi connectivity index (χ1n) is 7.59. The summed E-state index contributed by atoms with van der Waals surface area (Å²) in [5.41, 5.74) is 5.92. The Labute approximate surface area is 118 Å². The van der Waals surface area contributed by atoms with E-state index in [1.54, 1.807) is 0 Å². The molecule has 4 nitrogen and oxygen atoms in total. The average Bonchev–Trinajstić information content (AvgIpc) is 2.34. The maximum atomic E-state index is 12.1. The second kappa shape index (κ2) is 6.71. The molecular formula is C15H31N3O. The fraction of sp³-hybridized carbons (Fsp3) is 0.933. The number of likely N-dealkylation sites (N-methyl/N-ethyl adjacent to an activating group) is 1. The van der Waals surface area contributed by atoms with Crippen LogP contribution in [0, 0.1) is 0 Å². The molecule has 3 N–H and O–H groups in total. The van der Waals surface area contributed by atoms with E-state index < -0.39 is 0 Å². The molecule has 0 unspecified atom stereocenters. The number of rotatable bonds is 5. The van der Waals surface area contributed by atoms with E-state index in [0.29, 0.717) is 13.1 Å². The first kappa shape index (κ1) is 16.4. The second-order valence-electron chi connectivity index (χ2n) is 6.80. The number of nitrogens with two attached hydrogens (primary N) is 1. The smallest absolute Gasteiger partial charge is 0.234 e. The van der Waals surface area contributed by atoms with Crippen LogP contribution in [0.5, 0.6) is 0 Å². The lowest BCUT2D eigenvalue weighted by molar-refractivity contribution is -0.125. The fourth-order valence-electron chi connectivity index (χ4n) is 3.11. The van der Waals surface area contributed by atoms with Crippen molar-refractivity contribution < 1.29 is 4.79 Å². The summed E-state index contributed by atoms with van der Waals surface area (Å²) in [5.74, 6) is 0.104. The standard InChI is InChI=1S/C15H31N3O/c1-5-18(11-13(19)17-14(2,3)4)15(12-16)9-7-6-8-10-15/h5-12,16H2,1-4H3,(H,17,19). The molecule has 0 aromatic carbocycles. The van der Waals surface area contributed by atoms with Gasteiger partial charge in [0.2, 0.25) is 5.91 Å². The lowest BCUT2D eigenvalue weighted by Crippen LogP contribution is -2.58. The Morgan fingerprint density at radius 2 is 1.84 bits per heavy atom. The highest BCUT2D eigenvalue weighted by Gasteiger charge is 2.36. The molecule has 4 heteroatoms. The van der Waals surface area contributed by atoms with Crippen molar-refractivity contribution in [3.63, 3.8) is 0 Å². The molecule has 0 heterocycles. The van der Waals surface area contributed by atoms with Crippen LogP contribution in [-0.4, -0.2) is 41.5 Å². The molecule has 0 aromatic rings. The Bertz CT molecular complexity index is 290. The Morgan fingerprint density at radius 3 is 2.26 bits per heavy atom. The molecule has 1 aliphatic carbocycles. The summed E-state index contributed by atoms with van der Waals surface area (Å²) < 4.78 is 0. The molecule has 1 rings (SSSR count). The van der Waals surface area contributed by atoms with E-state index in [-0.39, 0.29) is 17.0 Å². The van der Waals surface area contributed by atoms with Gasteiger partial charge in [0.1, 0.15) is 0 Å². The third-order valence-corrected chi connectivity index (χ3v) is 4.07. The topological polar surface area (TPSA) is 58.4 Å². The van der Waals surface area contributed by atoms with Gasteiger partial charge < -0.3 is 11.1 Å². The highest BCUT2D eigenvalue weighted by atomic mass is 16.2. The molecule has 0 aromatic heterocycles. The highest BCUT2D eigenvalue weighted by Crippen LogP contribution is 2.32. The van der Waals surface area contributed by atoms with E-state index in [1.807, 2.05) is 20.8 Å². The van der Waals surface area contributed by atoms with Crippen molar-refractivity contribution in [2.45, 2.75) is 70.9 Å². The Balaban J connectivity index is 2.67. The molecule has 1 aliphatic rings. The van der Waals surface area contributed by atoms with Crippen LogP contribution in [0.3, 0.4) is 0 Å². The molecule has 19 heavy (non-hydrogen) atoms. The van der Waals surface area contributed by atoms with Crippen molar-refractivity contribution in [1.29, 1.82) is 0 Å². The van der Waals surface area contributed by atoms with Gasteiger partial charge in [-0.25, -0.2) is 0 Å². The van der Waals surface area contributed by atoms with Gasteiger partial charge in [-0.3, -0.25) is 9.69 Å². The zero-order valence-electron chi connectivity index (χ0n) is 13.1. The molecule has 0 spiro atoms. The van der Waals surface area contributed by atoms with Crippen molar-refractivity contribution in [1.82, 2.24) is 10.2 Å². The van der Waals surface area contributed by atoms with Crippen molar-refractivity contribution in [2.24, 2.45) is 5.73 Å². The quantitative estimate of drug-likeness (QED) is 0.801. The number of nitrogens with zero attached hydrogens (tertiary/aromatic N) is 1. The summed E-state index contributed by atoms with van der Waals surface area (Å²) >= 11 is 0. The van der Waals surface area contributed by atoms with Crippen LogP contribution < -0.4 is 11.1 Å². The van der Waals surface area contributed by atoms with Gasteiger partial charge in [0.15, 0.2) is 0 Å². The number of amides is 1. The van der Waals surface area contributed by atoms with Gasteiger partial charge in [0, 0.05) is 17.6 Å². The predicted molar refractivity (Wildman–Crippen MR) is 80.0 cm³/mol. The second-order valence-corrected chi connectivity index (χ2v) is 6.80. The average molecular weight is 269 g/mol. The van der Waals surface area contributed by atoms with Crippen LogP contribution in [0.4, 0.5) is 0 Å². The van der Waals surface area contributed by atoms with E-state index in [0.717, 1.165) is 19.4 Å². The minimum absolute atomic E-state index is 0.0439. The first-order valence-corrected chi connectivity index (χ1v) is 7.59. The first-order chi connectivity index (χ1) is 8.83. The predicted octanol–water partition coefficient (Wildman–Crippen LogP) is 1.88. The third-order valence-electron chi connectivity index (χ3n) is 4.07. The Morgan fingerprint density at radius 1 is 1.26 bits per heavy atom. The van der Waals surface area contributed by atoms with Crippen LogP contribution in [0.15, 0.2) is 0 Å². The lowest BCUT2D eigenvalue weighted by Gasteiger charge is -2.45. The summed E-state index contributed by atoms with van der Waals surface area (Å²) in [4.78, 5) is 14.4. The van der Waals surface area contributed by atoms with Crippen LogP contribution in [0.1, 0.15) is 59.8 Å². The van der Waals surface area contributed by atoms with Crippen molar-refractivity contribution in [3.8, 4) is 0 Å². The SMILES string of the molecule is CCN(CC(=O)NC(C)(C)C)C1(CN)CCCCC1. The third kappa shape index (κ3) is 4.77. The molecule has 0 radical (unpaired) electrons. The normalized spacial score (nSPS) is 19.5. The van der Waals surface area contributed by atoms with Gasteiger partial charge in [0.05, 0.1) is 6.54 Å². The van der Waals surface area contributed by atoms with Crippen molar-refractivity contribution >= 4 is 5.91 Å². The van der Waals surface area contributed by atoms with Gasteiger partial charge in [-0.2, -0.15) is 0 Å². The van der Waals surface area contributed by atoms with Crippen LogP contribution >= 0.6 is 0 Å². The number of carbonyl (C=O) groups is 1. The fourth-order valence-corrected chi connectivity index (χ4v) is 3.11. The number of hydrogen-bond acceptors (Lipinski definition) is 3. The van der Waals surface area contributed by atoms with Crippen molar-refractivity contribution in [3.05, 3.63) is 0 Å². The molecule has 0 atom stereocenters. The van der Waals surface area contributed by atoms with E-state index >= 15 is 0 Å². The molecule has 1 amide bonds. The minimum Gasteiger partial charge on any atom is -0.350 e. The molecule has 1 fully saturated rings. The zero-order chi connectivity index (χ0) is 14.5. The van der Waals surface area contributed by atoms with E-state index in [9.17, 15) is 4.79 Å². The van der Waals surface area contributed by atoms with Crippen LogP contribution in [-0.2, 0) is 4.79 Å². The number of hydrogen-bond donors (Lipinski definition) is 2. The summed E-state index contributed by atoms with van der Waals surface area (Å²) in [6, 6.07) is 0. The van der Waals surface area contributed by atoms with Gasteiger partial charge in [0.25, 0.3) is 0 Å².